The van der Waals surface area contributed by atoms with Crippen LogP contribution in [0.15, 0.2) is 35.2 Å². The van der Waals surface area contributed by atoms with Gasteiger partial charge in [-0.1, -0.05) is 6.07 Å². The molecular weight excluding hydrogens is 320 g/mol. The van der Waals surface area contributed by atoms with E-state index in [-0.39, 0.29) is 5.91 Å². The van der Waals surface area contributed by atoms with Crippen LogP contribution in [-0.2, 0) is 6.42 Å². The van der Waals surface area contributed by atoms with Crippen LogP contribution in [-0.4, -0.2) is 22.4 Å². The quantitative estimate of drug-likeness (QED) is 0.887. The van der Waals surface area contributed by atoms with Gasteiger partial charge in [-0.15, -0.1) is 0 Å². The molecule has 5 nitrogen and oxygen atoms in total. The van der Waals surface area contributed by atoms with Gasteiger partial charge in [-0.05, 0) is 46.5 Å². The van der Waals surface area contributed by atoms with E-state index >= 15 is 0 Å². The van der Waals surface area contributed by atoms with Crippen molar-refractivity contribution in [2.24, 2.45) is 0 Å². The molecule has 2 aromatic rings. The Kier molecular flexibility index (Phi) is 3.64. The molecule has 0 spiro atoms. The zero-order chi connectivity index (χ0) is 13.9. The lowest BCUT2D eigenvalue weighted by molar-refractivity contribution is 0.102. The van der Waals surface area contributed by atoms with Gasteiger partial charge in [0.2, 0.25) is 0 Å². The molecule has 1 aromatic carbocycles. The van der Waals surface area contributed by atoms with Crippen LogP contribution in [0.25, 0.3) is 0 Å². The molecule has 0 saturated heterocycles. The Morgan fingerprint density at radius 3 is 3.00 bits per heavy atom. The summed E-state index contributed by atoms with van der Waals surface area (Å²) in [5.74, 6) is 0.293. The minimum absolute atomic E-state index is 0.151. The Balaban J connectivity index is 1.85. The predicted octanol–water partition coefficient (Wildman–Crippen LogP) is 2.85. The number of hydrogen-bond donors (Lipinski definition) is 2. The third kappa shape index (κ3) is 2.65. The first kappa shape index (κ1) is 13.1. The molecule has 0 unspecified atom stereocenters. The van der Waals surface area contributed by atoms with E-state index in [1.165, 1.54) is 6.20 Å². The fourth-order valence-corrected chi connectivity index (χ4v) is 2.49. The van der Waals surface area contributed by atoms with Gasteiger partial charge in [-0.3, -0.25) is 4.79 Å². The first-order valence-corrected chi connectivity index (χ1v) is 7.18. The maximum atomic E-state index is 12.4. The molecule has 0 saturated carbocycles. The number of nitrogens with zero attached hydrogens (tertiary/aromatic N) is 2. The van der Waals surface area contributed by atoms with Crippen molar-refractivity contribution < 1.29 is 4.79 Å². The number of benzene rings is 1. The van der Waals surface area contributed by atoms with Gasteiger partial charge in [0.1, 0.15) is 4.60 Å². The second-order valence-corrected chi connectivity index (χ2v) is 5.35. The largest absolute Gasteiger partial charge is 0.385 e. The number of carbonyl (C=O) groups is 1. The molecule has 0 radical (unpaired) electrons. The first-order valence-electron chi connectivity index (χ1n) is 6.39. The topological polar surface area (TPSA) is 66.9 Å². The average Bonchev–Trinajstić information content (AvgIpc) is 2.49. The molecule has 0 fully saturated rings. The normalized spacial score (nSPS) is 13.2. The van der Waals surface area contributed by atoms with Gasteiger partial charge in [0.05, 0.1) is 12.4 Å². The summed E-state index contributed by atoms with van der Waals surface area (Å²) in [5.41, 5.74) is 2.81. The van der Waals surface area contributed by atoms with E-state index < -0.39 is 0 Å². The van der Waals surface area contributed by atoms with Gasteiger partial charge in [0.25, 0.3) is 5.91 Å². The van der Waals surface area contributed by atoms with Gasteiger partial charge in [-0.25, -0.2) is 9.97 Å². The van der Waals surface area contributed by atoms with Gasteiger partial charge >= 0.3 is 0 Å². The molecule has 0 bridgehead atoms. The van der Waals surface area contributed by atoms with Gasteiger partial charge in [0, 0.05) is 17.8 Å². The van der Waals surface area contributed by atoms with E-state index in [2.05, 4.69) is 36.5 Å². The van der Waals surface area contributed by atoms with Crippen LogP contribution in [0.3, 0.4) is 0 Å². The second kappa shape index (κ2) is 5.58. The Morgan fingerprint density at radius 2 is 2.20 bits per heavy atom. The van der Waals surface area contributed by atoms with Crippen LogP contribution in [0.5, 0.6) is 0 Å². The number of hydrogen-bond acceptors (Lipinski definition) is 4. The van der Waals surface area contributed by atoms with Crippen molar-refractivity contribution in [1.29, 1.82) is 0 Å². The molecule has 0 aliphatic carbocycles. The number of fused-ring (bicyclic) bond motifs is 1. The second-order valence-electron chi connectivity index (χ2n) is 4.54. The summed E-state index contributed by atoms with van der Waals surface area (Å²) in [6, 6.07) is 5.73. The molecule has 1 aromatic heterocycles. The first-order chi connectivity index (χ1) is 9.74. The Bertz CT molecular complexity index is 642. The smallest absolute Gasteiger partial charge is 0.257 e. The van der Waals surface area contributed by atoms with Crippen molar-refractivity contribution in [1.82, 2.24) is 9.97 Å². The minimum atomic E-state index is -0.151. The van der Waals surface area contributed by atoms with Crippen LogP contribution in [0.1, 0.15) is 22.3 Å². The highest BCUT2D eigenvalue weighted by atomic mass is 79.9. The predicted molar refractivity (Wildman–Crippen MR) is 80.9 cm³/mol. The summed E-state index contributed by atoms with van der Waals surface area (Å²) in [4.78, 5) is 20.5. The van der Waals surface area contributed by atoms with Crippen molar-refractivity contribution in [3.8, 4) is 0 Å². The van der Waals surface area contributed by atoms with Gasteiger partial charge in [-0.2, -0.15) is 0 Å². The van der Waals surface area contributed by atoms with Gasteiger partial charge < -0.3 is 10.6 Å². The summed E-state index contributed by atoms with van der Waals surface area (Å²) in [6.45, 7) is 0.955. The van der Waals surface area contributed by atoms with Crippen LogP contribution >= 0.6 is 15.9 Å². The summed E-state index contributed by atoms with van der Waals surface area (Å²) in [6.07, 6.45) is 5.03. The highest BCUT2D eigenvalue weighted by Crippen LogP contribution is 2.25. The molecule has 2 heterocycles. The Hall–Kier alpha value is -1.95. The number of amides is 1. The lowest BCUT2D eigenvalue weighted by Crippen LogP contribution is -2.19. The monoisotopic (exact) mass is 332 g/mol. The van der Waals surface area contributed by atoms with E-state index in [1.54, 1.807) is 6.20 Å². The van der Waals surface area contributed by atoms with Crippen molar-refractivity contribution in [3.63, 3.8) is 0 Å². The maximum absolute atomic E-state index is 12.4. The molecule has 1 aliphatic rings. The lowest BCUT2D eigenvalue weighted by atomic mass is 9.97. The van der Waals surface area contributed by atoms with Crippen molar-refractivity contribution in [2.75, 3.05) is 17.2 Å². The Morgan fingerprint density at radius 1 is 1.30 bits per heavy atom. The molecule has 6 heteroatoms. The zero-order valence-electron chi connectivity index (χ0n) is 10.7. The molecular formula is C14H13BrN4O. The molecule has 2 N–H and O–H groups in total. The number of carbonyl (C=O) groups excluding carboxylic acids is 1. The van der Waals surface area contributed by atoms with E-state index in [1.807, 2.05) is 18.2 Å². The number of anilines is 2. The van der Waals surface area contributed by atoms with E-state index in [4.69, 9.17) is 0 Å². The molecule has 1 aliphatic heterocycles. The third-order valence-corrected chi connectivity index (χ3v) is 3.61. The van der Waals surface area contributed by atoms with Crippen LogP contribution in [0.2, 0.25) is 0 Å². The highest BCUT2D eigenvalue weighted by molar-refractivity contribution is 9.10. The summed E-state index contributed by atoms with van der Waals surface area (Å²) in [5, 5.41) is 6.09. The molecule has 3 rings (SSSR count). The van der Waals surface area contributed by atoms with Crippen molar-refractivity contribution in [3.05, 3.63) is 46.3 Å². The zero-order valence-corrected chi connectivity index (χ0v) is 12.3. The fourth-order valence-electron chi connectivity index (χ4n) is 2.28. The number of aromatic nitrogens is 2. The SMILES string of the molecule is O=C(Nc1cnc(Br)cn1)c1cccc2c1CCCN2. The van der Waals surface area contributed by atoms with Gasteiger partial charge in [0.15, 0.2) is 5.82 Å². The average molecular weight is 333 g/mol. The Labute approximate surface area is 125 Å². The van der Waals surface area contributed by atoms with Crippen LogP contribution in [0.4, 0.5) is 11.5 Å². The van der Waals surface area contributed by atoms with E-state index in [9.17, 15) is 4.79 Å². The molecule has 102 valence electrons. The molecule has 1 amide bonds. The van der Waals surface area contributed by atoms with Crippen molar-refractivity contribution in [2.45, 2.75) is 12.8 Å². The van der Waals surface area contributed by atoms with Crippen LogP contribution < -0.4 is 10.6 Å². The molecule has 0 atom stereocenters. The summed E-state index contributed by atoms with van der Waals surface area (Å²) in [7, 11) is 0. The van der Waals surface area contributed by atoms with E-state index in [0.29, 0.717) is 16.0 Å². The minimum Gasteiger partial charge on any atom is -0.385 e. The molecule has 20 heavy (non-hydrogen) atoms. The van der Waals surface area contributed by atoms with Crippen molar-refractivity contribution >= 4 is 33.3 Å². The number of nitrogens with one attached hydrogen (secondary N) is 2. The number of rotatable bonds is 2. The third-order valence-electron chi connectivity index (χ3n) is 3.20. The summed E-state index contributed by atoms with van der Waals surface area (Å²) < 4.78 is 0.636. The summed E-state index contributed by atoms with van der Waals surface area (Å²) >= 11 is 3.21. The fraction of sp³-hybridized carbons (Fsp3) is 0.214. The number of halogens is 1. The lowest BCUT2D eigenvalue weighted by Gasteiger charge is -2.20. The van der Waals surface area contributed by atoms with Crippen LogP contribution in [0, 0.1) is 0 Å². The van der Waals surface area contributed by atoms with E-state index in [0.717, 1.165) is 30.6 Å². The maximum Gasteiger partial charge on any atom is 0.257 e. The highest BCUT2D eigenvalue weighted by Gasteiger charge is 2.17. The standard InChI is InChI=1S/C14H13BrN4O/c15-12-7-18-13(8-17-12)19-14(20)10-3-1-5-11-9(10)4-2-6-16-11/h1,3,5,7-8,16H,2,4,6H2,(H,18,19,20).